The number of rotatable bonds is 5. The number of carbonyl (C=O) groups is 2. The monoisotopic (exact) mass is 518 g/mol. The molecule has 1 aromatic rings. The lowest BCUT2D eigenvalue weighted by molar-refractivity contribution is -0.163. The number of aliphatic hydroxyl groups excluding tert-OH is 1. The van der Waals surface area contributed by atoms with Crippen molar-refractivity contribution >= 4 is 11.9 Å². The minimum atomic E-state index is -0.723. The van der Waals surface area contributed by atoms with Gasteiger partial charge >= 0.3 is 11.9 Å². The minimum absolute atomic E-state index is 0.0497. The summed E-state index contributed by atoms with van der Waals surface area (Å²) in [6.45, 7) is 11.5. The summed E-state index contributed by atoms with van der Waals surface area (Å²) in [6, 6.07) is 9.79. The molecule has 4 heterocycles. The van der Waals surface area contributed by atoms with Crippen LogP contribution in [-0.4, -0.2) is 66.2 Å². The average molecular weight is 519 g/mol. The van der Waals surface area contributed by atoms with Crippen LogP contribution in [0.25, 0.3) is 0 Å². The molecule has 0 aliphatic carbocycles. The van der Waals surface area contributed by atoms with Gasteiger partial charge in [-0.3, -0.25) is 0 Å². The van der Waals surface area contributed by atoms with E-state index in [0.29, 0.717) is 31.2 Å². The first-order chi connectivity index (χ1) is 17.4. The van der Waals surface area contributed by atoms with Crippen molar-refractivity contribution in [3.05, 3.63) is 58.6 Å². The summed E-state index contributed by atoms with van der Waals surface area (Å²) in [5.74, 6) is -1.72. The van der Waals surface area contributed by atoms with E-state index in [1.807, 2.05) is 44.2 Å². The molecule has 0 radical (unpaired) electrons. The molecule has 10 heteroatoms. The molecule has 202 valence electrons. The van der Waals surface area contributed by atoms with Crippen LogP contribution in [-0.2, 0) is 49.4 Å². The molecule has 4 aliphatic heterocycles. The van der Waals surface area contributed by atoms with Crippen molar-refractivity contribution in [2.24, 2.45) is 0 Å². The summed E-state index contributed by atoms with van der Waals surface area (Å²) in [7, 11) is 0. The van der Waals surface area contributed by atoms with Gasteiger partial charge in [-0.2, -0.15) is 0 Å². The molecule has 0 saturated carbocycles. The fraction of sp³-hybridized carbons (Fsp3) is 0.556. The molecule has 10 nitrogen and oxygen atoms in total. The SMILES string of the molecule is CC1=C(O)[C@@H]([C@@H]2COC(C)(C)O2)OC1=O.CC1=C(OCc2ccccc2)[C@@H]([C@@H]2COC(C)(C)O2)OC1=O. The van der Waals surface area contributed by atoms with Crippen molar-refractivity contribution in [1.82, 2.24) is 0 Å². The van der Waals surface area contributed by atoms with Gasteiger partial charge in [0.25, 0.3) is 0 Å². The Hall–Kier alpha value is -2.92. The summed E-state index contributed by atoms with van der Waals surface area (Å²) < 4.78 is 38.5. The van der Waals surface area contributed by atoms with Gasteiger partial charge in [0.05, 0.1) is 24.4 Å². The van der Waals surface area contributed by atoms with Gasteiger partial charge in [0.1, 0.15) is 24.6 Å². The fourth-order valence-corrected chi connectivity index (χ4v) is 4.30. The van der Waals surface area contributed by atoms with E-state index in [4.69, 9.17) is 33.2 Å². The first-order valence-corrected chi connectivity index (χ1v) is 12.2. The second-order valence-corrected chi connectivity index (χ2v) is 10.2. The zero-order valence-corrected chi connectivity index (χ0v) is 21.9. The number of esters is 2. The summed E-state index contributed by atoms with van der Waals surface area (Å²) >= 11 is 0. The van der Waals surface area contributed by atoms with Gasteiger partial charge in [0.15, 0.2) is 29.5 Å². The van der Waals surface area contributed by atoms with Gasteiger partial charge < -0.3 is 38.3 Å². The summed E-state index contributed by atoms with van der Waals surface area (Å²) in [4.78, 5) is 23.0. The summed E-state index contributed by atoms with van der Waals surface area (Å²) in [5.41, 5.74) is 1.77. The van der Waals surface area contributed by atoms with Crippen LogP contribution in [0.2, 0.25) is 0 Å². The van der Waals surface area contributed by atoms with E-state index >= 15 is 0 Å². The van der Waals surface area contributed by atoms with E-state index in [0.717, 1.165) is 5.56 Å². The third kappa shape index (κ3) is 6.15. The Balaban J connectivity index is 0.000000186. The zero-order valence-electron chi connectivity index (χ0n) is 21.9. The maximum atomic E-state index is 11.9. The van der Waals surface area contributed by atoms with Crippen LogP contribution in [0.5, 0.6) is 0 Å². The van der Waals surface area contributed by atoms with Crippen LogP contribution in [0.4, 0.5) is 0 Å². The number of benzene rings is 1. The first kappa shape index (κ1) is 27.1. The quantitative estimate of drug-likeness (QED) is 0.581. The fourth-order valence-electron chi connectivity index (χ4n) is 4.30. The lowest BCUT2D eigenvalue weighted by Crippen LogP contribution is -2.33. The van der Waals surface area contributed by atoms with Gasteiger partial charge in [-0.05, 0) is 47.1 Å². The summed E-state index contributed by atoms with van der Waals surface area (Å²) in [5, 5.41) is 9.66. The second-order valence-electron chi connectivity index (χ2n) is 10.2. The molecule has 1 N–H and O–H groups in total. The van der Waals surface area contributed by atoms with Crippen LogP contribution in [0.1, 0.15) is 47.1 Å². The lowest BCUT2D eigenvalue weighted by atomic mass is 10.1. The molecule has 0 unspecified atom stereocenters. The topological polar surface area (TPSA) is 119 Å². The molecular formula is C27H34O10. The van der Waals surface area contributed by atoms with Crippen LogP contribution >= 0.6 is 0 Å². The standard InChI is InChI=1S/C17H20O5.C10H14O5/c1-11-14(19-9-12-7-5-4-6-8-12)15(21-16(11)18)13-10-20-17(2,3)22-13;1-5-7(11)8(14-9(5)12)6-4-13-10(2,3)15-6/h4-8,13,15H,9-10H2,1-3H3;6,8,11H,4H2,1-3H3/t13-,15+;6-,8+/m00/s1. The van der Waals surface area contributed by atoms with E-state index in [1.165, 1.54) is 6.92 Å². The third-order valence-corrected chi connectivity index (χ3v) is 6.34. The number of cyclic esters (lactones) is 2. The van der Waals surface area contributed by atoms with Gasteiger partial charge in [0.2, 0.25) is 0 Å². The van der Waals surface area contributed by atoms with E-state index in [2.05, 4.69) is 0 Å². The highest BCUT2D eigenvalue weighted by molar-refractivity contribution is 5.91. The largest absolute Gasteiger partial charge is 0.508 e. The van der Waals surface area contributed by atoms with Crippen LogP contribution < -0.4 is 0 Å². The summed E-state index contributed by atoms with van der Waals surface area (Å²) in [6.07, 6.45) is -2.04. The molecule has 37 heavy (non-hydrogen) atoms. The molecule has 2 fully saturated rings. The van der Waals surface area contributed by atoms with Crippen molar-refractivity contribution < 1.29 is 47.9 Å². The van der Waals surface area contributed by atoms with E-state index in [1.54, 1.807) is 20.8 Å². The predicted octanol–water partition coefficient (Wildman–Crippen LogP) is 3.45. The van der Waals surface area contributed by atoms with Crippen LogP contribution in [0.3, 0.4) is 0 Å². The predicted molar refractivity (Wildman–Crippen MR) is 129 cm³/mol. The lowest BCUT2D eigenvalue weighted by Gasteiger charge is -2.22. The molecule has 0 bridgehead atoms. The molecule has 0 aromatic heterocycles. The molecule has 0 amide bonds. The van der Waals surface area contributed by atoms with Gasteiger partial charge in [-0.25, -0.2) is 9.59 Å². The molecule has 0 spiro atoms. The Bertz CT molecular complexity index is 1090. The Morgan fingerprint density at radius 3 is 1.84 bits per heavy atom. The Kier molecular flexibility index (Phi) is 7.66. The average Bonchev–Trinajstić information content (AvgIpc) is 3.55. The van der Waals surface area contributed by atoms with E-state index < -0.39 is 35.9 Å². The van der Waals surface area contributed by atoms with Crippen molar-refractivity contribution in [2.75, 3.05) is 13.2 Å². The molecular weight excluding hydrogens is 484 g/mol. The maximum absolute atomic E-state index is 11.9. The van der Waals surface area contributed by atoms with Crippen LogP contribution in [0.15, 0.2) is 53.0 Å². The molecule has 4 atom stereocenters. The minimum Gasteiger partial charge on any atom is -0.508 e. The highest BCUT2D eigenvalue weighted by Gasteiger charge is 2.46. The zero-order chi connectivity index (χ0) is 27.0. The first-order valence-electron chi connectivity index (χ1n) is 12.2. The molecule has 1 aromatic carbocycles. The Labute approximate surface area is 216 Å². The number of hydrogen-bond acceptors (Lipinski definition) is 10. The highest BCUT2D eigenvalue weighted by atomic mass is 16.8. The van der Waals surface area contributed by atoms with Gasteiger partial charge in [-0.1, -0.05) is 30.3 Å². The van der Waals surface area contributed by atoms with Gasteiger partial charge in [0, 0.05) is 0 Å². The van der Waals surface area contributed by atoms with Crippen LogP contribution in [0, 0.1) is 0 Å². The molecule has 4 aliphatic rings. The Morgan fingerprint density at radius 2 is 1.35 bits per heavy atom. The number of carbonyl (C=O) groups excluding carboxylic acids is 2. The second kappa shape index (κ2) is 10.4. The number of ether oxygens (including phenoxy) is 7. The normalized spacial score (nSPS) is 30.2. The third-order valence-electron chi connectivity index (χ3n) is 6.34. The van der Waals surface area contributed by atoms with Crippen molar-refractivity contribution in [2.45, 2.75) is 84.1 Å². The number of hydrogen-bond donors (Lipinski definition) is 1. The number of aliphatic hydroxyl groups is 1. The van der Waals surface area contributed by atoms with Crippen molar-refractivity contribution in [3.63, 3.8) is 0 Å². The van der Waals surface area contributed by atoms with Crippen molar-refractivity contribution in [1.29, 1.82) is 0 Å². The smallest absolute Gasteiger partial charge is 0.338 e. The van der Waals surface area contributed by atoms with E-state index in [-0.39, 0.29) is 23.4 Å². The van der Waals surface area contributed by atoms with Crippen molar-refractivity contribution in [3.8, 4) is 0 Å². The molecule has 5 rings (SSSR count). The Morgan fingerprint density at radius 1 is 0.838 bits per heavy atom. The highest BCUT2D eigenvalue weighted by Crippen LogP contribution is 2.34. The molecule has 2 saturated heterocycles. The maximum Gasteiger partial charge on any atom is 0.338 e. The van der Waals surface area contributed by atoms with E-state index in [9.17, 15) is 14.7 Å². The van der Waals surface area contributed by atoms with Gasteiger partial charge in [-0.15, -0.1) is 0 Å².